The van der Waals surface area contributed by atoms with E-state index >= 15 is 0 Å². The van der Waals surface area contributed by atoms with E-state index in [4.69, 9.17) is 5.73 Å². The van der Waals surface area contributed by atoms with Crippen molar-refractivity contribution in [2.45, 2.75) is 19.4 Å². The molecule has 2 rings (SSSR count). The van der Waals surface area contributed by atoms with Crippen LogP contribution in [0.5, 0.6) is 0 Å². The molecule has 0 bridgehead atoms. The second-order valence-electron chi connectivity index (χ2n) is 5.74. The number of aromatic nitrogens is 1. The Hall–Kier alpha value is -1.66. The lowest BCUT2D eigenvalue weighted by molar-refractivity contribution is 0.0426. The van der Waals surface area contributed by atoms with Crippen LogP contribution in [0.15, 0.2) is 23.1 Å². The third-order valence-corrected chi connectivity index (χ3v) is 3.95. The first-order valence-corrected chi connectivity index (χ1v) is 6.87. The van der Waals surface area contributed by atoms with Gasteiger partial charge >= 0.3 is 0 Å². The largest absolute Gasteiger partial charge is 0.336 e. The van der Waals surface area contributed by atoms with Crippen molar-refractivity contribution in [2.24, 2.45) is 5.73 Å². The number of piperazine rings is 1. The van der Waals surface area contributed by atoms with Crippen LogP contribution in [0.4, 0.5) is 0 Å². The second kappa shape index (κ2) is 5.76. The summed E-state index contributed by atoms with van der Waals surface area (Å²) in [6.45, 7) is 7.83. The molecule has 0 spiro atoms. The van der Waals surface area contributed by atoms with E-state index in [-0.39, 0.29) is 17.0 Å². The molecule has 0 saturated carbocycles. The highest BCUT2D eigenvalue weighted by atomic mass is 16.2. The second-order valence-corrected chi connectivity index (χ2v) is 5.74. The van der Waals surface area contributed by atoms with Gasteiger partial charge in [0.15, 0.2) is 0 Å². The van der Waals surface area contributed by atoms with Crippen LogP contribution < -0.4 is 11.3 Å². The SMILES string of the molecule is CC(C)(CN)N1CCN(C(=O)c2ccc(=O)[nH]c2)CC1. The number of aromatic amines is 1. The number of nitrogens with one attached hydrogen (secondary N) is 1. The Morgan fingerprint density at radius 2 is 1.95 bits per heavy atom. The van der Waals surface area contributed by atoms with Crippen LogP contribution in [0.1, 0.15) is 24.2 Å². The summed E-state index contributed by atoms with van der Waals surface area (Å²) in [5.41, 5.74) is 6.07. The summed E-state index contributed by atoms with van der Waals surface area (Å²) in [6, 6.07) is 2.94. The van der Waals surface area contributed by atoms with Gasteiger partial charge in [0.2, 0.25) is 5.56 Å². The average Bonchev–Trinajstić information content (AvgIpc) is 2.47. The highest BCUT2D eigenvalue weighted by Gasteiger charge is 2.30. The van der Waals surface area contributed by atoms with Crippen molar-refractivity contribution in [3.8, 4) is 0 Å². The minimum Gasteiger partial charge on any atom is -0.336 e. The molecule has 20 heavy (non-hydrogen) atoms. The first-order valence-electron chi connectivity index (χ1n) is 6.87. The molecule has 1 fully saturated rings. The fourth-order valence-corrected chi connectivity index (χ4v) is 2.37. The summed E-state index contributed by atoms with van der Waals surface area (Å²) < 4.78 is 0. The zero-order valence-electron chi connectivity index (χ0n) is 12.1. The zero-order valence-corrected chi connectivity index (χ0v) is 12.1. The Bertz CT molecular complexity index is 510. The summed E-state index contributed by atoms with van der Waals surface area (Å²) in [6.07, 6.45) is 1.47. The molecule has 1 aromatic rings. The smallest absolute Gasteiger partial charge is 0.255 e. The van der Waals surface area contributed by atoms with E-state index < -0.39 is 0 Å². The van der Waals surface area contributed by atoms with E-state index in [1.54, 1.807) is 6.07 Å². The third-order valence-electron chi connectivity index (χ3n) is 3.95. The Morgan fingerprint density at radius 1 is 1.30 bits per heavy atom. The third kappa shape index (κ3) is 3.08. The number of H-pyrrole nitrogens is 1. The molecule has 110 valence electrons. The Balaban J connectivity index is 1.98. The molecule has 0 atom stereocenters. The number of carbonyl (C=O) groups is 1. The Morgan fingerprint density at radius 3 is 2.45 bits per heavy atom. The Labute approximate surface area is 118 Å². The first-order chi connectivity index (χ1) is 9.44. The van der Waals surface area contributed by atoms with Crippen molar-refractivity contribution in [1.82, 2.24) is 14.8 Å². The van der Waals surface area contributed by atoms with Gasteiger partial charge in [0, 0.05) is 50.5 Å². The molecule has 0 aliphatic carbocycles. The quantitative estimate of drug-likeness (QED) is 0.807. The molecule has 0 radical (unpaired) electrons. The van der Waals surface area contributed by atoms with Crippen molar-refractivity contribution >= 4 is 5.91 Å². The van der Waals surface area contributed by atoms with Gasteiger partial charge in [-0.2, -0.15) is 0 Å². The molecular weight excluding hydrogens is 256 g/mol. The molecule has 3 N–H and O–H groups in total. The van der Waals surface area contributed by atoms with Gasteiger partial charge in [-0.05, 0) is 19.9 Å². The van der Waals surface area contributed by atoms with Gasteiger partial charge in [-0.3, -0.25) is 14.5 Å². The van der Waals surface area contributed by atoms with Crippen LogP contribution in [0, 0.1) is 0 Å². The van der Waals surface area contributed by atoms with E-state index in [1.165, 1.54) is 12.3 Å². The maximum atomic E-state index is 12.3. The van der Waals surface area contributed by atoms with Gasteiger partial charge in [-0.1, -0.05) is 0 Å². The molecule has 2 heterocycles. The molecule has 0 aromatic carbocycles. The zero-order chi connectivity index (χ0) is 14.8. The molecule has 0 unspecified atom stereocenters. The highest BCUT2D eigenvalue weighted by Crippen LogP contribution is 2.16. The van der Waals surface area contributed by atoms with Crippen molar-refractivity contribution < 1.29 is 4.79 Å². The van der Waals surface area contributed by atoms with Gasteiger partial charge in [0.05, 0.1) is 5.56 Å². The fraction of sp³-hybridized carbons (Fsp3) is 0.571. The molecule has 6 nitrogen and oxygen atoms in total. The predicted molar refractivity (Wildman–Crippen MR) is 77.7 cm³/mol. The van der Waals surface area contributed by atoms with Crippen molar-refractivity contribution in [1.29, 1.82) is 0 Å². The van der Waals surface area contributed by atoms with Gasteiger partial charge in [-0.25, -0.2) is 0 Å². The lowest BCUT2D eigenvalue weighted by Gasteiger charge is -2.43. The number of amides is 1. The summed E-state index contributed by atoms with van der Waals surface area (Å²) in [5, 5.41) is 0. The predicted octanol–water partition coefficient (Wildman–Crippen LogP) is -0.130. The minimum absolute atomic E-state index is 0.0346. The van der Waals surface area contributed by atoms with Crippen LogP contribution in [0.3, 0.4) is 0 Å². The maximum Gasteiger partial charge on any atom is 0.255 e. The van der Waals surface area contributed by atoms with E-state index in [2.05, 4.69) is 23.7 Å². The highest BCUT2D eigenvalue weighted by molar-refractivity contribution is 5.93. The molecule has 6 heteroatoms. The van der Waals surface area contributed by atoms with Gasteiger partial charge in [0.1, 0.15) is 0 Å². The maximum absolute atomic E-state index is 12.3. The number of rotatable bonds is 3. The average molecular weight is 278 g/mol. The lowest BCUT2D eigenvalue weighted by atomic mass is 10.0. The van der Waals surface area contributed by atoms with Crippen molar-refractivity contribution in [3.63, 3.8) is 0 Å². The number of pyridine rings is 1. The van der Waals surface area contributed by atoms with Crippen LogP contribution in [0.2, 0.25) is 0 Å². The number of nitrogens with zero attached hydrogens (tertiary/aromatic N) is 2. The van der Waals surface area contributed by atoms with E-state index in [0.29, 0.717) is 25.2 Å². The molecule has 1 saturated heterocycles. The summed E-state index contributed by atoms with van der Waals surface area (Å²) in [7, 11) is 0. The molecule has 1 aromatic heterocycles. The summed E-state index contributed by atoms with van der Waals surface area (Å²) in [4.78, 5) is 30.0. The van der Waals surface area contributed by atoms with Crippen LogP contribution in [-0.4, -0.2) is 59.0 Å². The normalized spacial score (nSPS) is 17.2. The van der Waals surface area contributed by atoms with Crippen LogP contribution >= 0.6 is 0 Å². The molecule has 1 aliphatic heterocycles. The van der Waals surface area contributed by atoms with Gasteiger partial charge in [-0.15, -0.1) is 0 Å². The topological polar surface area (TPSA) is 82.4 Å². The standard InChI is InChI=1S/C14H22N4O2/c1-14(2,10-15)18-7-5-17(6-8-18)13(20)11-3-4-12(19)16-9-11/h3-4,9H,5-8,10,15H2,1-2H3,(H,16,19). The van der Waals surface area contributed by atoms with Crippen LogP contribution in [0.25, 0.3) is 0 Å². The number of hydrogen-bond donors (Lipinski definition) is 2. The monoisotopic (exact) mass is 278 g/mol. The van der Waals surface area contributed by atoms with Gasteiger partial charge in [0.25, 0.3) is 5.91 Å². The minimum atomic E-state index is -0.198. The van der Waals surface area contributed by atoms with Crippen LogP contribution in [-0.2, 0) is 0 Å². The fourth-order valence-electron chi connectivity index (χ4n) is 2.37. The van der Waals surface area contributed by atoms with E-state index in [0.717, 1.165) is 13.1 Å². The van der Waals surface area contributed by atoms with E-state index in [1.807, 2.05) is 4.90 Å². The number of carbonyl (C=O) groups excluding carboxylic acids is 1. The molecular formula is C14H22N4O2. The summed E-state index contributed by atoms with van der Waals surface area (Å²) in [5.74, 6) is -0.0357. The number of hydrogen-bond acceptors (Lipinski definition) is 4. The van der Waals surface area contributed by atoms with Crippen molar-refractivity contribution in [2.75, 3.05) is 32.7 Å². The van der Waals surface area contributed by atoms with E-state index in [9.17, 15) is 9.59 Å². The Kier molecular flexibility index (Phi) is 4.25. The number of nitrogens with two attached hydrogens (primary N) is 1. The van der Waals surface area contributed by atoms with Crippen molar-refractivity contribution in [3.05, 3.63) is 34.2 Å². The molecule has 1 aliphatic rings. The summed E-state index contributed by atoms with van der Waals surface area (Å²) >= 11 is 0. The lowest BCUT2D eigenvalue weighted by Crippen LogP contribution is -2.58. The first kappa shape index (κ1) is 14.7. The van der Waals surface area contributed by atoms with Gasteiger partial charge < -0.3 is 15.6 Å². The molecule has 1 amide bonds.